The summed E-state index contributed by atoms with van der Waals surface area (Å²) in [5.74, 6) is 1.29. The van der Waals surface area contributed by atoms with Gasteiger partial charge in [0.05, 0.1) is 6.04 Å². The number of hydrogen-bond donors (Lipinski definition) is 2. The van der Waals surface area contributed by atoms with E-state index in [1.807, 2.05) is 32.0 Å². The number of ether oxygens (including phenoxy) is 2. The zero-order valence-corrected chi connectivity index (χ0v) is 14.9. The monoisotopic (exact) mass is 358 g/mol. The Hall–Kier alpha value is -2.76. The van der Waals surface area contributed by atoms with Crippen molar-refractivity contribution in [1.82, 2.24) is 10.6 Å². The third-order valence-electron chi connectivity index (χ3n) is 4.24. The minimum absolute atomic E-state index is 0.167. The number of rotatable bonds is 5. The normalized spacial score (nSPS) is 14.0. The van der Waals surface area contributed by atoms with Crippen LogP contribution in [0.25, 0.3) is 0 Å². The van der Waals surface area contributed by atoms with Crippen LogP contribution in [0.15, 0.2) is 42.5 Å². The zero-order chi connectivity index (χ0) is 18.5. The van der Waals surface area contributed by atoms with Crippen molar-refractivity contribution in [3.8, 4) is 11.5 Å². The molecule has 0 aromatic heterocycles. The van der Waals surface area contributed by atoms with Crippen LogP contribution in [-0.4, -0.2) is 19.2 Å². The van der Waals surface area contributed by atoms with Crippen molar-refractivity contribution in [1.29, 1.82) is 0 Å². The van der Waals surface area contributed by atoms with Gasteiger partial charge >= 0.3 is 6.03 Å². The van der Waals surface area contributed by atoms with Gasteiger partial charge in [-0.3, -0.25) is 0 Å². The van der Waals surface area contributed by atoms with Crippen LogP contribution in [0.1, 0.15) is 31.0 Å². The van der Waals surface area contributed by atoms with E-state index in [1.165, 1.54) is 12.1 Å². The molecule has 0 bridgehead atoms. The first-order chi connectivity index (χ1) is 12.5. The predicted octanol–water partition coefficient (Wildman–Crippen LogP) is 3.79. The van der Waals surface area contributed by atoms with Crippen molar-refractivity contribution in [2.45, 2.75) is 26.4 Å². The molecule has 0 radical (unpaired) electrons. The Kier molecular flexibility index (Phi) is 5.61. The van der Waals surface area contributed by atoms with Crippen LogP contribution in [0.2, 0.25) is 0 Å². The summed E-state index contributed by atoms with van der Waals surface area (Å²) in [6.45, 7) is 5.46. The highest BCUT2D eigenvalue weighted by Gasteiger charge is 2.18. The van der Waals surface area contributed by atoms with Crippen LogP contribution in [0.3, 0.4) is 0 Å². The molecule has 1 atom stereocenters. The van der Waals surface area contributed by atoms with Crippen molar-refractivity contribution in [2.75, 3.05) is 13.2 Å². The lowest BCUT2D eigenvalue weighted by Gasteiger charge is -2.23. The summed E-state index contributed by atoms with van der Waals surface area (Å²) in [5, 5.41) is 5.81. The smallest absolute Gasteiger partial charge is 0.315 e. The molecule has 138 valence electrons. The summed E-state index contributed by atoms with van der Waals surface area (Å²) < 4.78 is 24.2. The topological polar surface area (TPSA) is 59.6 Å². The van der Waals surface area contributed by atoms with Crippen LogP contribution < -0.4 is 20.1 Å². The Bertz CT molecular complexity index is 762. The first-order valence-electron chi connectivity index (χ1n) is 8.71. The van der Waals surface area contributed by atoms with Crippen molar-refractivity contribution in [3.05, 3.63) is 59.4 Å². The van der Waals surface area contributed by atoms with Crippen molar-refractivity contribution in [3.63, 3.8) is 0 Å². The fourth-order valence-electron chi connectivity index (χ4n) is 2.88. The standard InChI is InChI=1S/C20H23FN2O3/c1-13(2)19(15-4-6-16(21)7-5-15)23-20(24)22-12-14-3-8-17-18(11-14)26-10-9-25-17/h3-8,11,13,19H,9-10,12H2,1-2H3,(H2,22,23,24). The van der Waals surface area contributed by atoms with E-state index in [1.54, 1.807) is 12.1 Å². The zero-order valence-electron chi connectivity index (χ0n) is 14.9. The number of benzene rings is 2. The highest BCUT2D eigenvalue weighted by atomic mass is 19.1. The molecule has 0 saturated carbocycles. The molecule has 0 saturated heterocycles. The molecule has 2 aromatic carbocycles. The SMILES string of the molecule is CC(C)C(NC(=O)NCc1ccc2c(c1)OCCO2)c1ccc(F)cc1. The first-order valence-corrected chi connectivity index (χ1v) is 8.71. The van der Waals surface area contributed by atoms with Crippen LogP contribution in [0, 0.1) is 11.7 Å². The second-order valence-corrected chi connectivity index (χ2v) is 6.58. The number of amides is 2. The highest BCUT2D eigenvalue weighted by Crippen LogP contribution is 2.30. The summed E-state index contributed by atoms with van der Waals surface area (Å²) in [7, 11) is 0. The minimum Gasteiger partial charge on any atom is -0.486 e. The molecule has 2 N–H and O–H groups in total. The Balaban J connectivity index is 1.59. The molecule has 0 fully saturated rings. The summed E-state index contributed by atoms with van der Waals surface area (Å²) in [6.07, 6.45) is 0. The van der Waals surface area contributed by atoms with Gasteiger partial charge in [0.25, 0.3) is 0 Å². The maximum atomic E-state index is 13.1. The van der Waals surface area contributed by atoms with E-state index in [2.05, 4.69) is 10.6 Å². The van der Waals surface area contributed by atoms with Gasteiger partial charge in [-0.05, 0) is 41.3 Å². The van der Waals surface area contributed by atoms with Gasteiger partial charge in [-0.2, -0.15) is 0 Å². The number of halogens is 1. The molecule has 6 heteroatoms. The van der Waals surface area contributed by atoms with Gasteiger partial charge in [0.2, 0.25) is 0 Å². The number of carbonyl (C=O) groups excluding carboxylic acids is 1. The number of hydrogen-bond acceptors (Lipinski definition) is 3. The van der Waals surface area contributed by atoms with Crippen LogP contribution in [0.5, 0.6) is 11.5 Å². The average Bonchev–Trinajstić information content (AvgIpc) is 2.65. The molecule has 5 nitrogen and oxygen atoms in total. The molecule has 1 aliphatic heterocycles. The Morgan fingerprint density at radius 1 is 1.08 bits per heavy atom. The highest BCUT2D eigenvalue weighted by molar-refractivity contribution is 5.74. The summed E-state index contributed by atoms with van der Waals surface area (Å²) in [4.78, 5) is 12.3. The van der Waals surface area contributed by atoms with Crippen molar-refractivity contribution >= 4 is 6.03 Å². The first kappa shape index (κ1) is 18.0. The van der Waals surface area contributed by atoms with Crippen molar-refractivity contribution in [2.24, 2.45) is 5.92 Å². The Labute approximate surface area is 152 Å². The van der Waals surface area contributed by atoms with Crippen molar-refractivity contribution < 1.29 is 18.7 Å². The largest absolute Gasteiger partial charge is 0.486 e. The van der Waals surface area contributed by atoms with Gasteiger partial charge in [0.1, 0.15) is 19.0 Å². The van der Waals surface area contributed by atoms with Gasteiger partial charge in [-0.1, -0.05) is 32.0 Å². The summed E-state index contributed by atoms with van der Waals surface area (Å²) in [6, 6.07) is 11.3. The molecule has 3 rings (SSSR count). The number of fused-ring (bicyclic) bond motifs is 1. The third kappa shape index (κ3) is 4.45. The van der Waals surface area contributed by atoms with E-state index in [0.717, 1.165) is 16.9 Å². The maximum Gasteiger partial charge on any atom is 0.315 e. The Morgan fingerprint density at radius 3 is 2.46 bits per heavy atom. The van der Waals surface area contributed by atoms with E-state index < -0.39 is 0 Å². The van der Waals surface area contributed by atoms with Gasteiger partial charge < -0.3 is 20.1 Å². The lowest BCUT2D eigenvalue weighted by atomic mass is 9.96. The fraction of sp³-hybridized carbons (Fsp3) is 0.350. The van der Waals surface area contributed by atoms with Gasteiger partial charge in [-0.25, -0.2) is 9.18 Å². The van der Waals surface area contributed by atoms with E-state index >= 15 is 0 Å². The molecule has 1 unspecified atom stereocenters. The molecular formula is C20H23FN2O3. The second-order valence-electron chi connectivity index (χ2n) is 6.58. The quantitative estimate of drug-likeness (QED) is 0.855. The number of urea groups is 1. The fourth-order valence-corrected chi connectivity index (χ4v) is 2.88. The summed E-state index contributed by atoms with van der Waals surface area (Å²) in [5.41, 5.74) is 1.79. The molecule has 1 aliphatic rings. The van der Waals surface area contributed by atoms with E-state index in [0.29, 0.717) is 25.5 Å². The molecule has 1 heterocycles. The molecule has 2 aromatic rings. The number of carbonyl (C=O) groups is 1. The molecule has 0 aliphatic carbocycles. The molecule has 2 amide bonds. The van der Waals surface area contributed by atoms with Crippen LogP contribution >= 0.6 is 0 Å². The maximum absolute atomic E-state index is 13.1. The van der Waals surface area contributed by atoms with E-state index in [-0.39, 0.29) is 23.8 Å². The third-order valence-corrected chi connectivity index (χ3v) is 4.24. The number of nitrogens with one attached hydrogen (secondary N) is 2. The second kappa shape index (κ2) is 8.08. The van der Waals surface area contributed by atoms with Gasteiger partial charge in [0, 0.05) is 6.54 Å². The van der Waals surface area contributed by atoms with Crippen LogP contribution in [-0.2, 0) is 6.54 Å². The predicted molar refractivity (Wildman–Crippen MR) is 96.8 cm³/mol. The van der Waals surface area contributed by atoms with Gasteiger partial charge in [-0.15, -0.1) is 0 Å². The van der Waals surface area contributed by atoms with E-state index in [9.17, 15) is 9.18 Å². The lowest BCUT2D eigenvalue weighted by molar-refractivity contribution is 0.171. The summed E-state index contributed by atoms with van der Waals surface area (Å²) >= 11 is 0. The van der Waals surface area contributed by atoms with E-state index in [4.69, 9.17) is 9.47 Å². The molecular weight excluding hydrogens is 335 g/mol. The lowest BCUT2D eigenvalue weighted by Crippen LogP contribution is -2.39. The molecule has 26 heavy (non-hydrogen) atoms. The van der Waals surface area contributed by atoms with Gasteiger partial charge in [0.15, 0.2) is 11.5 Å². The average molecular weight is 358 g/mol. The molecule has 0 spiro atoms. The van der Waals surface area contributed by atoms with Crippen LogP contribution in [0.4, 0.5) is 9.18 Å². The minimum atomic E-state index is -0.292. The Morgan fingerprint density at radius 2 is 1.77 bits per heavy atom.